The van der Waals surface area contributed by atoms with E-state index >= 15 is 0 Å². The third-order valence-corrected chi connectivity index (χ3v) is 14.7. The zero-order valence-corrected chi connectivity index (χ0v) is 57.1. The zero-order valence-electron chi connectivity index (χ0n) is 57.1. The molecule has 1 aromatic carbocycles. The van der Waals surface area contributed by atoms with E-state index in [0.29, 0.717) is 5.56 Å². The molecule has 0 saturated carbocycles. The lowest BCUT2D eigenvalue weighted by Gasteiger charge is -2.28. The van der Waals surface area contributed by atoms with Gasteiger partial charge in [0.2, 0.25) is 70.9 Å². The Labute approximate surface area is 580 Å². The Morgan fingerprint density at radius 3 is 1.43 bits per heavy atom. The number of nitrogens with two attached hydrogens (primary N) is 2. The molecule has 0 aliphatic carbocycles. The van der Waals surface area contributed by atoms with Crippen molar-refractivity contribution in [2.45, 2.75) is 166 Å². The Hall–Kier alpha value is -10.5. The highest BCUT2D eigenvalue weighted by Crippen LogP contribution is 2.11. The number of rotatable bonds is 44. The number of aliphatic hydroxyl groups is 5. The third-order valence-electron chi connectivity index (χ3n) is 14.7. The highest BCUT2D eigenvalue weighted by molar-refractivity contribution is 6.01. The van der Waals surface area contributed by atoms with Gasteiger partial charge in [-0.3, -0.25) is 76.9 Å². The number of benzene rings is 1. The maximum atomic E-state index is 14.3. The fourth-order valence-electron chi connectivity index (χ4n) is 9.27. The van der Waals surface area contributed by atoms with Crippen molar-refractivity contribution in [2.24, 2.45) is 35.3 Å². The molecule has 0 unspecified atom stereocenters. The second kappa shape index (κ2) is 43.8. The van der Waals surface area contributed by atoms with Crippen LogP contribution in [0.15, 0.2) is 59.9 Å². The number of nitrogens with zero attached hydrogens (tertiary/aromatic N) is 2. The number of aliphatic imine (C=N–C) groups is 1. The number of aryl methyl sites for hydroxylation is 1. The first kappa shape index (κ1) is 86.6. The average molecular weight is 1430 g/mol. The largest absolute Gasteiger partial charge is 0.481 e. The van der Waals surface area contributed by atoms with Crippen molar-refractivity contribution < 1.29 is 112 Å². The van der Waals surface area contributed by atoms with Gasteiger partial charge in [0.25, 0.3) is 5.91 Å². The predicted molar refractivity (Wildman–Crippen MR) is 353 cm³/mol. The Morgan fingerprint density at radius 1 is 0.475 bits per heavy atom. The molecule has 2 rings (SSSR count). The molecule has 2 aromatic rings. The first-order chi connectivity index (χ1) is 47.4. The van der Waals surface area contributed by atoms with Gasteiger partial charge in [-0.05, 0) is 69.9 Å². The minimum absolute atomic E-state index is 0.0445. The monoisotopic (exact) mass is 1430 g/mol. The first-order valence-electron chi connectivity index (χ1n) is 32.0. The van der Waals surface area contributed by atoms with Crippen LogP contribution in [0, 0.1) is 11.8 Å². The van der Waals surface area contributed by atoms with Crippen LogP contribution in [0.1, 0.15) is 96.5 Å². The number of amides is 13. The second-order valence-corrected chi connectivity index (χ2v) is 24.2. The number of pyridine rings is 1. The number of carbonyl (C=O) groups excluding carboxylic acids is 13. The van der Waals surface area contributed by atoms with Gasteiger partial charge in [-0.25, -0.2) is 4.57 Å². The van der Waals surface area contributed by atoms with Crippen LogP contribution in [0.25, 0.3) is 0 Å². The van der Waals surface area contributed by atoms with Crippen molar-refractivity contribution in [3.63, 3.8) is 0 Å². The number of nitrogens with one attached hydrogen (secondary N) is 13. The van der Waals surface area contributed by atoms with Gasteiger partial charge in [-0.1, -0.05) is 58.0 Å². The van der Waals surface area contributed by atoms with E-state index in [1.807, 2.05) is 5.32 Å². The Bertz CT molecular complexity index is 3230. The van der Waals surface area contributed by atoms with Crippen LogP contribution in [-0.4, -0.2) is 249 Å². The molecule has 101 heavy (non-hydrogen) atoms. The molecule has 0 bridgehead atoms. The topological polar surface area (TPSA) is 622 Å². The Morgan fingerprint density at radius 2 is 0.931 bits per heavy atom. The zero-order chi connectivity index (χ0) is 76.4. The fourth-order valence-corrected chi connectivity index (χ4v) is 9.27. The minimum atomic E-state index is -2.01. The lowest BCUT2D eigenvalue weighted by molar-refractivity contribution is -0.671. The summed E-state index contributed by atoms with van der Waals surface area (Å²) in [6.45, 7) is 4.72. The van der Waals surface area contributed by atoms with Crippen LogP contribution in [0.3, 0.4) is 0 Å². The van der Waals surface area contributed by atoms with E-state index < -0.39 is 219 Å². The summed E-state index contributed by atoms with van der Waals surface area (Å²) in [7, 11) is 1.67. The Kier molecular flexibility index (Phi) is 37.5. The minimum Gasteiger partial charge on any atom is -0.481 e. The number of guanidine groups is 1. The van der Waals surface area contributed by atoms with E-state index in [-0.39, 0.29) is 49.7 Å². The molecule has 0 spiro atoms. The molecule has 39 nitrogen and oxygen atoms in total. The number of aliphatic carboxylic acids is 2. The van der Waals surface area contributed by atoms with E-state index in [9.17, 15) is 103 Å². The quantitative estimate of drug-likeness (QED) is 0.0127. The summed E-state index contributed by atoms with van der Waals surface area (Å²) in [5.74, 6) is -18.0. The van der Waals surface area contributed by atoms with Crippen molar-refractivity contribution in [2.75, 3.05) is 39.5 Å². The molecule has 1 aromatic heterocycles. The van der Waals surface area contributed by atoms with Crippen LogP contribution >= 0.6 is 0 Å². The highest BCUT2D eigenvalue weighted by Gasteiger charge is 2.38. The normalized spacial score (nSPS) is 14.9. The highest BCUT2D eigenvalue weighted by atomic mass is 16.4. The number of carboxylic acid groups (broad SMARTS) is 2. The van der Waals surface area contributed by atoms with Crippen LogP contribution in [0.4, 0.5) is 0 Å². The van der Waals surface area contributed by atoms with Gasteiger partial charge in [-0.15, -0.1) is 0 Å². The smallest absolute Gasteiger partial charge is 0.322 e. The maximum absolute atomic E-state index is 14.3. The molecule has 0 fully saturated rings. The summed E-state index contributed by atoms with van der Waals surface area (Å²) < 4.78 is 1.60. The van der Waals surface area contributed by atoms with Crippen LogP contribution < -0.4 is 85.2 Å². The first-order valence-corrected chi connectivity index (χ1v) is 32.0. The summed E-state index contributed by atoms with van der Waals surface area (Å²) >= 11 is 0. The molecule has 0 saturated heterocycles. The molecular weight excluding hydrogens is 1330 g/mol. The Balaban J connectivity index is 2.26. The second-order valence-electron chi connectivity index (χ2n) is 24.2. The molecule has 13 amide bonds. The van der Waals surface area contributed by atoms with Crippen molar-refractivity contribution >= 4 is 94.7 Å². The molecule has 1 heterocycles. The van der Waals surface area contributed by atoms with E-state index in [1.54, 1.807) is 68.1 Å². The SMILES string of the molecule is CC(C)C[C@H](NC(=O)[C@@H](NC(=O)[C@H](Cc1ccccc1)NC(=O)[C@H](CO)NC(=O)[C@H](CCCN=C(N)N)NC(=O)c1ccc[n+](C)c1)[C@@H](C)O)C(=O)N[C@@H](C)C(=O)N[C@@H](CO)C(=O)N[C@@H](CO)C(=O)N[C@@H](CCC(=O)O)C(=O)N[C@H](C(=O)NCC(=O)N[C@H](C(=O)NCC(=O)O)C(C)C)[C@@H](C)O. The molecule has 0 aliphatic rings. The summed E-state index contributed by atoms with van der Waals surface area (Å²) in [6.07, 6.45) is -2.02. The van der Waals surface area contributed by atoms with Crippen LogP contribution in [0.2, 0.25) is 0 Å². The van der Waals surface area contributed by atoms with Gasteiger partial charge < -0.3 is 116 Å². The van der Waals surface area contributed by atoms with E-state index in [0.717, 1.165) is 20.8 Å². The molecule has 13 atom stereocenters. The maximum Gasteiger partial charge on any atom is 0.322 e. The lowest BCUT2D eigenvalue weighted by atomic mass is 10.0. The number of aromatic nitrogens is 1. The molecule has 0 aliphatic heterocycles. The van der Waals surface area contributed by atoms with Gasteiger partial charge in [-0.2, -0.15) is 0 Å². The molecule has 39 heteroatoms. The average Bonchev–Trinajstić information content (AvgIpc) is 0.857. The number of aliphatic hydroxyl groups excluding tert-OH is 5. The summed E-state index contributed by atoms with van der Waals surface area (Å²) in [6, 6.07) is -7.33. The van der Waals surface area contributed by atoms with Gasteiger partial charge in [0, 0.05) is 25.5 Å². The van der Waals surface area contributed by atoms with Crippen LogP contribution in [-0.2, 0) is 80.6 Å². The lowest BCUT2D eigenvalue weighted by Crippen LogP contribution is -2.62. The van der Waals surface area contributed by atoms with Crippen molar-refractivity contribution in [1.29, 1.82) is 0 Å². The van der Waals surface area contributed by atoms with Gasteiger partial charge in [0.05, 0.1) is 38.6 Å². The number of carbonyl (C=O) groups is 15. The predicted octanol–water partition coefficient (Wildman–Crippen LogP) is -9.60. The molecule has 24 N–H and O–H groups in total. The standard InChI is InChI=1S/C62H95N17O22/c1-30(2)22-39(72-61(101)49(34(7)84)78-55(95)40(23-35-14-10-9-11-15-35)71-57(97)43(29-82)74-52(92)37(17-12-20-65-62(63)64)69-51(91)36-16-13-21-79(8)26-36)54(94)68-32(5)50(90)73-41(27-80)58(98)75-42(28-81)56(96)70-38(18-19-45(86)87)53(93)77-48(33(6)83)60(100)66-24-44(85)76-47(31(3)4)59(99)67-25-46(88)89/h9-11,13-16,21,26,30-34,37-43,47-49,80-84H,12,17-20,22-25,27-29H2,1-8H3,(H18-,63,64,65,66,67,68,69,70,71,72,73,74,75,76,77,78,85,86,87,88,89,90,91,92,93,94,95,96,97,98,99,100,101)/p+1/t32-,33+,34+,37-,38-,39-,40-,41-,42-,43-,47-,48-,49-/m0/s1. The van der Waals surface area contributed by atoms with Gasteiger partial charge in [0.1, 0.15) is 85.6 Å². The van der Waals surface area contributed by atoms with Crippen molar-refractivity contribution in [3.8, 4) is 0 Å². The molecular formula is C62H96N17O22+. The van der Waals surface area contributed by atoms with E-state index in [1.165, 1.54) is 26.1 Å². The summed E-state index contributed by atoms with van der Waals surface area (Å²) in [5.41, 5.74) is 11.5. The van der Waals surface area contributed by atoms with Gasteiger partial charge in [0.15, 0.2) is 18.4 Å². The van der Waals surface area contributed by atoms with Crippen molar-refractivity contribution in [3.05, 3.63) is 66.0 Å². The third kappa shape index (κ3) is 31.5. The number of carboxylic acids is 2. The molecule has 560 valence electrons. The molecule has 0 radical (unpaired) electrons. The van der Waals surface area contributed by atoms with Crippen molar-refractivity contribution in [1.82, 2.24) is 69.1 Å². The summed E-state index contributed by atoms with van der Waals surface area (Å²) in [5, 5.41) is 100. The summed E-state index contributed by atoms with van der Waals surface area (Å²) in [4.78, 5) is 202. The number of hydrogen-bond donors (Lipinski definition) is 22. The van der Waals surface area contributed by atoms with Crippen LogP contribution in [0.5, 0.6) is 0 Å². The number of hydrogen-bond acceptors (Lipinski definition) is 21. The van der Waals surface area contributed by atoms with E-state index in [4.69, 9.17) is 16.6 Å². The fraction of sp³-hybridized carbons (Fsp3) is 0.565. The van der Waals surface area contributed by atoms with Gasteiger partial charge >= 0.3 is 11.9 Å². The van der Waals surface area contributed by atoms with E-state index in [2.05, 4.69) is 68.8 Å².